The smallest absolute Gasteiger partial charge is 0.303 e. The molecule has 16 heavy (non-hydrogen) atoms. The fraction of sp³-hybridized carbons (Fsp3) is 0.462. The largest absolute Gasteiger partial charge is 0.494 e. The van der Waals surface area contributed by atoms with Crippen molar-refractivity contribution in [1.82, 2.24) is 0 Å². The Labute approximate surface area is 95.0 Å². The molecule has 1 saturated carbocycles. The van der Waals surface area contributed by atoms with Gasteiger partial charge in [0, 0.05) is 6.42 Å². The van der Waals surface area contributed by atoms with Crippen molar-refractivity contribution in [2.45, 2.75) is 31.6 Å². The zero-order valence-corrected chi connectivity index (χ0v) is 9.19. The first-order valence-electron chi connectivity index (χ1n) is 5.70. The normalized spacial score (nSPS) is 14.8. The Hall–Kier alpha value is -1.51. The maximum Gasteiger partial charge on any atom is 0.303 e. The molecule has 1 fully saturated rings. The summed E-state index contributed by atoms with van der Waals surface area (Å²) < 4.78 is 5.45. The van der Waals surface area contributed by atoms with E-state index in [2.05, 4.69) is 12.1 Å². The summed E-state index contributed by atoms with van der Waals surface area (Å²) in [5.74, 6) is 0.823. The van der Waals surface area contributed by atoms with E-state index in [1.165, 1.54) is 18.4 Å². The number of hydrogen-bond donors (Lipinski definition) is 1. The average molecular weight is 220 g/mol. The highest BCUT2D eigenvalue weighted by atomic mass is 16.5. The molecule has 0 amide bonds. The van der Waals surface area contributed by atoms with Gasteiger partial charge in [0.2, 0.25) is 0 Å². The highest BCUT2D eigenvalue weighted by molar-refractivity contribution is 5.66. The van der Waals surface area contributed by atoms with Crippen LogP contribution in [-0.4, -0.2) is 17.7 Å². The van der Waals surface area contributed by atoms with Crippen LogP contribution in [0.5, 0.6) is 5.75 Å². The van der Waals surface area contributed by atoms with Gasteiger partial charge in [-0.15, -0.1) is 0 Å². The number of carboxylic acid groups (broad SMARTS) is 1. The quantitative estimate of drug-likeness (QED) is 0.750. The van der Waals surface area contributed by atoms with E-state index >= 15 is 0 Å². The lowest BCUT2D eigenvalue weighted by Crippen LogP contribution is -2.01. The molecule has 0 atom stereocenters. The van der Waals surface area contributed by atoms with E-state index in [1.807, 2.05) is 12.1 Å². The van der Waals surface area contributed by atoms with Crippen LogP contribution in [0.2, 0.25) is 0 Å². The minimum Gasteiger partial charge on any atom is -0.494 e. The Morgan fingerprint density at radius 1 is 1.31 bits per heavy atom. The molecule has 1 aromatic rings. The Morgan fingerprint density at radius 3 is 2.56 bits per heavy atom. The van der Waals surface area contributed by atoms with Gasteiger partial charge in [-0.1, -0.05) is 12.1 Å². The summed E-state index contributed by atoms with van der Waals surface area (Å²) in [6.45, 7) is 0.467. The zero-order valence-electron chi connectivity index (χ0n) is 9.19. The van der Waals surface area contributed by atoms with Crippen LogP contribution in [0.25, 0.3) is 0 Å². The van der Waals surface area contributed by atoms with Crippen molar-refractivity contribution in [3.8, 4) is 5.75 Å². The molecule has 0 aliphatic heterocycles. The van der Waals surface area contributed by atoms with E-state index in [1.54, 1.807) is 0 Å². The molecule has 1 aromatic carbocycles. The van der Waals surface area contributed by atoms with Crippen molar-refractivity contribution in [2.24, 2.45) is 0 Å². The standard InChI is InChI=1S/C13H16O3/c14-13(15)2-1-9-16-12-7-5-11(6-8-12)10-3-4-10/h5-8,10H,1-4,9H2,(H,14,15). The number of hydrogen-bond acceptors (Lipinski definition) is 2. The number of benzene rings is 1. The Morgan fingerprint density at radius 2 is 2.00 bits per heavy atom. The van der Waals surface area contributed by atoms with Crippen LogP contribution >= 0.6 is 0 Å². The maximum atomic E-state index is 10.3. The molecule has 0 bridgehead atoms. The highest BCUT2D eigenvalue weighted by Crippen LogP contribution is 2.40. The highest BCUT2D eigenvalue weighted by Gasteiger charge is 2.22. The van der Waals surface area contributed by atoms with E-state index in [0.29, 0.717) is 13.0 Å². The summed E-state index contributed by atoms with van der Waals surface area (Å²) >= 11 is 0. The first kappa shape index (κ1) is 11.0. The predicted molar refractivity (Wildman–Crippen MR) is 60.8 cm³/mol. The van der Waals surface area contributed by atoms with Crippen molar-refractivity contribution in [3.63, 3.8) is 0 Å². The molecular formula is C13H16O3. The summed E-state index contributed by atoms with van der Waals surface area (Å²) in [7, 11) is 0. The van der Waals surface area contributed by atoms with Gasteiger partial charge in [0.15, 0.2) is 0 Å². The molecule has 1 aliphatic carbocycles. The van der Waals surface area contributed by atoms with Crippen molar-refractivity contribution in [3.05, 3.63) is 29.8 Å². The van der Waals surface area contributed by atoms with E-state index in [9.17, 15) is 4.79 Å². The van der Waals surface area contributed by atoms with E-state index < -0.39 is 5.97 Å². The van der Waals surface area contributed by atoms with Gasteiger partial charge < -0.3 is 9.84 Å². The first-order valence-corrected chi connectivity index (χ1v) is 5.70. The van der Waals surface area contributed by atoms with E-state index in [0.717, 1.165) is 11.7 Å². The SMILES string of the molecule is O=C(O)CCCOc1ccc(C2CC2)cc1. The molecule has 3 heteroatoms. The fourth-order valence-electron chi connectivity index (χ4n) is 1.67. The molecule has 0 heterocycles. The van der Waals surface area contributed by atoms with Gasteiger partial charge in [0.1, 0.15) is 5.75 Å². The molecule has 3 nitrogen and oxygen atoms in total. The fourth-order valence-corrected chi connectivity index (χ4v) is 1.67. The summed E-state index contributed by atoms with van der Waals surface area (Å²) in [6, 6.07) is 8.14. The van der Waals surface area contributed by atoms with Gasteiger partial charge in [-0.25, -0.2) is 0 Å². The van der Waals surface area contributed by atoms with E-state index in [-0.39, 0.29) is 6.42 Å². The lowest BCUT2D eigenvalue weighted by molar-refractivity contribution is -0.137. The number of ether oxygens (including phenoxy) is 1. The summed E-state index contributed by atoms with van der Waals surface area (Å²) in [5, 5.41) is 8.46. The Bertz CT molecular complexity index is 352. The average Bonchev–Trinajstić information content (AvgIpc) is 3.09. The van der Waals surface area contributed by atoms with Crippen LogP contribution in [-0.2, 0) is 4.79 Å². The molecule has 0 aromatic heterocycles. The molecule has 2 rings (SSSR count). The number of carbonyl (C=O) groups is 1. The minimum atomic E-state index is -0.771. The topological polar surface area (TPSA) is 46.5 Å². The van der Waals surface area contributed by atoms with Crippen LogP contribution in [0.1, 0.15) is 37.2 Å². The van der Waals surface area contributed by atoms with Crippen molar-refractivity contribution >= 4 is 5.97 Å². The third-order valence-electron chi connectivity index (χ3n) is 2.73. The van der Waals surface area contributed by atoms with Gasteiger partial charge in [0.25, 0.3) is 0 Å². The second-order valence-corrected chi connectivity index (χ2v) is 4.19. The van der Waals surface area contributed by atoms with Crippen molar-refractivity contribution in [2.75, 3.05) is 6.61 Å². The lowest BCUT2D eigenvalue weighted by Gasteiger charge is -2.05. The van der Waals surface area contributed by atoms with Gasteiger partial charge in [-0.2, -0.15) is 0 Å². The van der Waals surface area contributed by atoms with Crippen LogP contribution < -0.4 is 4.74 Å². The molecule has 0 unspecified atom stereocenters. The summed E-state index contributed by atoms with van der Waals surface area (Å²) in [5.41, 5.74) is 1.39. The minimum absolute atomic E-state index is 0.167. The Kier molecular flexibility index (Phi) is 3.44. The number of carboxylic acids is 1. The van der Waals surface area contributed by atoms with Crippen LogP contribution in [0.15, 0.2) is 24.3 Å². The monoisotopic (exact) mass is 220 g/mol. The van der Waals surface area contributed by atoms with Crippen LogP contribution in [0, 0.1) is 0 Å². The molecular weight excluding hydrogens is 204 g/mol. The van der Waals surface area contributed by atoms with Gasteiger partial charge in [-0.05, 0) is 42.9 Å². The van der Waals surface area contributed by atoms with Gasteiger partial charge in [-0.3, -0.25) is 4.79 Å². The second kappa shape index (κ2) is 5.01. The predicted octanol–water partition coefficient (Wildman–Crippen LogP) is 2.81. The molecule has 86 valence electrons. The van der Waals surface area contributed by atoms with Gasteiger partial charge in [0.05, 0.1) is 6.61 Å². The molecule has 0 saturated heterocycles. The lowest BCUT2D eigenvalue weighted by atomic mass is 10.1. The molecule has 0 radical (unpaired) electrons. The third-order valence-corrected chi connectivity index (χ3v) is 2.73. The zero-order chi connectivity index (χ0) is 11.4. The summed E-state index contributed by atoms with van der Waals surface area (Å²) in [4.78, 5) is 10.3. The van der Waals surface area contributed by atoms with Gasteiger partial charge >= 0.3 is 5.97 Å². The Balaban J connectivity index is 1.74. The molecule has 1 N–H and O–H groups in total. The third kappa shape index (κ3) is 3.26. The van der Waals surface area contributed by atoms with Crippen LogP contribution in [0.4, 0.5) is 0 Å². The van der Waals surface area contributed by atoms with Crippen molar-refractivity contribution in [1.29, 1.82) is 0 Å². The van der Waals surface area contributed by atoms with Crippen molar-refractivity contribution < 1.29 is 14.6 Å². The summed E-state index contributed by atoms with van der Waals surface area (Å²) in [6.07, 6.45) is 3.33. The molecule has 1 aliphatic rings. The maximum absolute atomic E-state index is 10.3. The van der Waals surface area contributed by atoms with E-state index in [4.69, 9.17) is 9.84 Å². The number of aliphatic carboxylic acids is 1. The first-order chi connectivity index (χ1) is 7.75. The number of rotatable bonds is 6. The van der Waals surface area contributed by atoms with Crippen LogP contribution in [0.3, 0.4) is 0 Å². The second-order valence-electron chi connectivity index (χ2n) is 4.19. The molecule has 0 spiro atoms.